The fraction of sp³-hybridized carbons (Fsp3) is 0.714. The summed E-state index contributed by atoms with van der Waals surface area (Å²) < 4.78 is 22.5. The van der Waals surface area contributed by atoms with Gasteiger partial charge < -0.3 is 5.11 Å². The van der Waals surface area contributed by atoms with Crippen molar-refractivity contribution in [1.29, 1.82) is 5.26 Å². The second-order valence-electron chi connectivity index (χ2n) is 3.03. The first-order valence-corrected chi connectivity index (χ1v) is 5.48. The van der Waals surface area contributed by atoms with Gasteiger partial charge in [0, 0.05) is 5.75 Å². The molecule has 0 amide bonds. The van der Waals surface area contributed by atoms with Crippen LogP contribution < -0.4 is 0 Å². The van der Waals surface area contributed by atoms with Gasteiger partial charge in [-0.15, -0.1) is 0 Å². The molecule has 0 bridgehead atoms. The van der Waals surface area contributed by atoms with Crippen LogP contribution in [0.3, 0.4) is 0 Å². The minimum atomic E-state index is -3.39. The first kappa shape index (κ1) is 9.99. The highest BCUT2D eigenvalue weighted by molar-refractivity contribution is 7.92. The van der Waals surface area contributed by atoms with Crippen LogP contribution in [0.1, 0.15) is 13.3 Å². The van der Waals surface area contributed by atoms with Crippen molar-refractivity contribution in [3.05, 3.63) is 0 Å². The molecule has 1 rings (SSSR count). The second-order valence-corrected chi connectivity index (χ2v) is 5.50. The van der Waals surface area contributed by atoms with E-state index in [9.17, 15) is 13.2 Å². The van der Waals surface area contributed by atoms with Crippen LogP contribution in [0, 0.1) is 16.7 Å². The monoisotopic (exact) mass is 203 g/mol. The Bertz CT molecular complexity index is 380. The molecule has 5 nitrogen and oxygen atoms in total. The Morgan fingerprint density at radius 3 is 2.54 bits per heavy atom. The van der Waals surface area contributed by atoms with E-state index >= 15 is 0 Å². The number of hydrogen-bond acceptors (Lipinski definition) is 4. The van der Waals surface area contributed by atoms with Crippen molar-refractivity contribution in [2.75, 3.05) is 5.75 Å². The lowest BCUT2D eigenvalue weighted by Crippen LogP contribution is -2.23. The average Bonchev–Trinajstić information content (AvgIpc) is 2.80. The highest BCUT2D eigenvalue weighted by Gasteiger charge is 2.67. The van der Waals surface area contributed by atoms with E-state index in [0.29, 0.717) is 0 Å². The first-order valence-electron chi connectivity index (χ1n) is 3.77. The zero-order valence-electron chi connectivity index (χ0n) is 7.02. The molecular weight excluding hydrogens is 194 g/mol. The Kier molecular flexibility index (Phi) is 2.08. The van der Waals surface area contributed by atoms with Crippen LogP contribution in [0.25, 0.3) is 0 Å². The topological polar surface area (TPSA) is 95.2 Å². The lowest BCUT2D eigenvalue weighted by atomic mass is 10.1. The van der Waals surface area contributed by atoms with Gasteiger partial charge in [-0.25, -0.2) is 8.42 Å². The molecule has 0 aliphatic heterocycles. The highest BCUT2D eigenvalue weighted by Crippen LogP contribution is 2.50. The number of carbonyl (C=O) groups is 1. The maximum absolute atomic E-state index is 11.2. The summed E-state index contributed by atoms with van der Waals surface area (Å²) in [4.78, 5) is 10.6. The van der Waals surface area contributed by atoms with Crippen LogP contribution in [0.2, 0.25) is 0 Å². The molecule has 0 saturated heterocycles. The molecule has 1 fully saturated rings. The van der Waals surface area contributed by atoms with Gasteiger partial charge >= 0.3 is 5.97 Å². The number of hydrogen-bond donors (Lipinski definition) is 1. The number of aliphatic carboxylic acids is 1. The van der Waals surface area contributed by atoms with Crippen molar-refractivity contribution < 1.29 is 18.3 Å². The normalized spacial score (nSPS) is 32.2. The van der Waals surface area contributed by atoms with E-state index in [1.54, 1.807) is 6.07 Å². The Labute approximate surface area is 75.9 Å². The largest absolute Gasteiger partial charge is 0.480 e. The first-order chi connectivity index (χ1) is 5.90. The molecule has 1 aliphatic carbocycles. The number of carboxylic acid groups (broad SMARTS) is 1. The summed E-state index contributed by atoms with van der Waals surface area (Å²) in [6.07, 6.45) is -0.0744. The molecular formula is C7H9NO4S. The van der Waals surface area contributed by atoms with Gasteiger partial charge in [0.05, 0.1) is 11.3 Å². The molecule has 0 aromatic rings. The standard InChI is InChI=1S/C7H9NO4S/c1-2-13(11,12)5-3-7(5,4-8)6(9)10/h5H,2-3H2,1H3,(H,9,10)/t5-,7-/m0/s1. The minimum absolute atomic E-state index is 0.0744. The zero-order valence-corrected chi connectivity index (χ0v) is 7.84. The lowest BCUT2D eigenvalue weighted by molar-refractivity contribution is -0.141. The molecule has 0 heterocycles. The quantitative estimate of drug-likeness (QED) is 0.684. The van der Waals surface area contributed by atoms with Crippen molar-refractivity contribution in [3.8, 4) is 6.07 Å². The van der Waals surface area contributed by atoms with E-state index in [1.165, 1.54) is 6.92 Å². The van der Waals surface area contributed by atoms with Gasteiger partial charge in [0.1, 0.15) is 0 Å². The van der Waals surface area contributed by atoms with E-state index in [0.717, 1.165) is 0 Å². The number of nitriles is 1. The number of rotatable bonds is 3. The Hall–Kier alpha value is -1.09. The zero-order chi connectivity index (χ0) is 10.3. The van der Waals surface area contributed by atoms with Crippen LogP contribution in [0.5, 0.6) is 0 Å². The van der Waals surface area contributed by atoms with E-state index < -0.39 is 26.5 Å². The van der Waals surface area contributed by atoms with Crippen molar-refractivity contribution in [2.24, 2.45) is 5.41 Å². The fourth-order valence-electron chi connectivity index (χ4n) is 1.26. The van der Waals surface area contributed by atoms with E-state index in [1.807, 2.05) is 0 Å². The van der Waals surface area contributed by atoms with Crippen molar-refractivity contribution in [1.82, 2.24) is 0 Å². The molecule has 1 N–H and O–H groups in total. The summed E-state index contributed by atoms with van der Waals surface area (Å²) in [6, 6.07) is 1.56. The van der Waals surface area contributed by atoms with Gasteiger partial charge in [-0.1, -0.05) is 6.92 Å². The Balaban J connectivity index is 2.97. The molecule has 6 heteroatoms. The van der Waals surface area contributed by atoms with Gasteiger partial charge in [0.2, 0.25) is 0 Å². The third kappa shape index (κ3) is 1.29. The molecule has 0 radical (unpaired) electrons. The van der Waals surface area contributed by atoms with Gasteiger partial charge in [-0.05, 0) is 6.42 Å². The van der Waals surface area contributed by atoms with Gasteiger partial charge in [-0.2, -0.15) is 5.26 Å². The molecule has 1 aliphatic rings. The molecule has 0 aromatic heterocycles. The number of nitrogens with zero attached hydrogens (tertiary/aromatic N) is 1. The fourth-order valence-corrected chi connectivity index (χ4v) is 2.94. The molecule has 72 valence electrons. The van der Waals surface area contributed by atoms with Crippen LogP contribution >= 0.6 is 0 Å². The maximum Gasteiger partial charge on any atom is 0.325 e. The van der Waals surface area contributed by atoms with Gasteiger partial charge in [0.25, 0.3) is 0 Å². The summed E-state index contributed by atoms with van der Waals surface area (Å²) in [7, 11) is -3.39. The Morgan fingerprint density at radius 1 is 1.77 bits per heavy atom. The van der Waals surface area contributed by atoms with E-state index in [4.69, 9.17) is 10.4 Å². The smallest absolute Gasteiger partial charge is 0.325 e. The van der Waals surface area contributed by atoms with Crippen LogP contribution in [-0.2, 0) is 14.6 Å². The molecule has 2 atom stereocenters. The summed E-state index contributed by atoms with van der Waals surface area (Å²) >= 11 is 0. The number of sulfone groups is 1. The summed E-state index contributed by atoms with van der Waals surface area (Å²) in [5, 5.41) is 16.2. The lowest BCUT2D eigenvalue weighted by Gasteiger charge is -2.01. The highest BCUT2D eigenvalue weighted by atomic mass is 32.2. The number of carboxylic acids is 1. The molecule has 0 spiro atoms. The van der Waals surface area contributed by atoms with Crippen LogP contribution in [0.4, 0.5) is 0 Å². The summed E-state index contributed by atoms with van der Waals surface area (Å²) in [6.45, 7) is 1.44. The molecule has 0 unspecified atom stereocenters. The molecule has 13 heavy (non-hydrogen) atoms. The average molecular weight is 203 g/mol. The SMILES string of the molecule is CCS(=O)(=O)[C@H]1C[C@@]1(C#N)C(=O)O. The third-order valence-electron chi connectivity index (χ3n) is 2.31. The molecule has 0 aromatic carbocycles. The third-order valence-corrected chi connectivity index (χ3v) is 4.55. The predicted octanol–water partition coefficient (Wildman–Crippen LogP) is -0.212. The van der Waals surface area contributed by atoms with E-state index in [-0.39, 0.29) is 12.2 Å². The minimum Gasteiger partial charge on any atom is -0.480 e. The van der Waals surface area contributed by atoms with Crippen LogP contribution in [0.15, 0.2) is 0 Å². The second kappa shape index (κ2) is 2.70. The molecule has 1 saturated carbocycles. The summed E-state index contributed by atoms with van der Waals surface area (Å²) in [5.41, 5.74) is -1.67. The Morgan fingerprint density at radius 2 is 2.31 bits per heavy atom. The van der Waals surface area contributed by atoms with Gasteiger partial charge in [0.15, 0.2) is 15.3 Å². The van der Waals surface area contributed by atoms with Crippen molar-refractivity contribution >= 4 is 15.8 Å². The predicted molar refractivity (Wildman–Crippen MR) is 43.5 cm³/mol. The van der Waals surface area contributed by atoms with Gasteiger partial charge in [-0.3, -0.25) is 4.79 Å². The van der Waals surface area contributed by atoms with Crippen molar-refractivity contribution in [2.45, 2.75) is 18.6 Å². The maximum atomic E-state index is 11.2. The summed E-state index contributed by atoms with van der Waals surface area (Å²) in [5.74, 6) is -1.45. The van der Waals surface area contributed by atoms with Crippen LogP contribution in [-0.4, -0.2) is 30.5 Å². The van der Waals surface area contributed by atoms with Crippen molar-refractivity contribution in [3.63, 3.8) is 0 Å². The van der Waals surface area contributed by atoms with E-state index in [2.05, 4.69) is 0 Å².